The number of aromatic nitrogens is 6. The number of fused-ring (bicyclic) bond motifs is 1. The van der Waals surface area contributed by atoms with Crippen molar-refractivity contribution in [2.24, 2.45) is 0 Å². The Labute approximate surface area is 136 Å². The molecular formula is C16H14FN7. The first-order chi connectivity index (χ1) is 11.6. The van der Waals surface area contributed by atoms with E-state index in [1.807, 2.05) is 17.7 Å². The average Bonchev–Trinajstić information content (AvgIpc) is 3.14. The van der Waals surface area contributed by atoms with Gasteiger partial charge in [-0.25, -0.2) is 19.0 Å². The third-order valence-electron chi connectivity index (χ3n) is 3.84. The molecule has 0 bridgehead atoms. The summed E-state index contributed by atoms with van der Waals surface area (Å²) in [6, 6.07) is 6.42. The van der Waals surface area contributed by atoms with Crippen molar-refractivity contribution >= 4 is 16.9 Å². The summed E-state index contributed by atoms with van der Waals surface area (Å²) in [6.07, 6.45) is 5.08. The largest absolute Gasteiger partial charge is 0.383 e. The van der Waals surface area contributed by atoms with Gasteiger partial charge < -0.3 is 10.3 Å². The van der Waals surface area contributed by atoms with Crippen LogP contribution in [-0.4, -0.2) is 29.5 Å². The molecule has 7 nitrogen and oxygen atoms in total. The van der Waals surface area contributed by atoms with Crippen LogP contribution < -0.4 is 5.73 Å². The monoisotopic (exact) mass is 323 g/mol. The van der Waals surface area contributed by atoms with Gasteiger partial charge in [-0.2, -0.15) is 0 Å². The SMILES string of the molecule is Cc1cn(Cc2cn(-c3ccccc3F)nn2)c2ncnc(N)c12. The highest BCUT2D eigenvalue weighted by Gasteiger charge is 2.13. The maximum atomic E-state index is 13.8. The number of rotatable bonds is 3. The van der Waals surface area contributed by atoms with Crippen molar-refractivity contribution in [3.05, 3.63) is 60.1 Å². The third kappa shape index (κ3) is 2.28. The number of halogens is 1. The molecule has 0 unspecified atom stereocenters. The summed E-state index contributed by atoms with van der Waals surface area (Å²) in [4.78, 5) is 8.32. The molecule has 0 atom stereocenters. The van der Waals surface area contributed by atoms with E-state index in [1.54, 1.807) is 24.4 Å². The quantitative estimate of drug-likeness (QED) is 0.624. The number of nitrogen functional groups attached to an aromatic ring is 1. The Morgan fingerprint density at radius 2 is 2.00 bits per heavy atom. The van der Waals surface area contributed by atoms with Crippen LogP contribution in [0, 0.1) is 12.7 Å². The molecule has 1 aromatic carbocycles. The molecule has 3 aromatic heterocycles. The Hall–Kier alpha value is -3.29. The van der Waals surface area contributed by atoms with Gasteiger partial charge >= 0.3 is 0 Å². The van der Waals surface area contributed by atoms with Gasteiger partial charge in [-0.3, -0.25) is 0 Å². The van der Waals surface area contributed by atoms with E-state index in [0.29, 0.717) is 23.7 Å². The third-order valence-corrected chi connectivity index (χ3v) is 3.84. The molecule has 0 saturated heterocycles. The van der Waals surface area contributed by atoms with E-state index >= 15 is 0 Å². The second-order valence-corrected chi connectivity index (χ2v) is 5.50. The molecule has 2 N–H and O–H groups in total. The number of para-hydroxylation sites is 1. The van der Waals surface area contributed by atoms with Gasteiger partial charge in [-0.05, 0) is 24.6 Å². The summed E-state index contributed by atoms with van der Waals surface area (Å²) in [5.41, 5.74) is 8.69. The van der Waals surface area contributed by atoms with Crippen LogP contribution >= 0.6 is 0 Å². The van der Waals surface area contributed by atoms with Crippen LogP contribution in [0.4, 0.5) is 10.2 Å². The van der Waals surface area contributed by atoms with Gasteiger partial charge in [0.1, 0.15) is 35.0 Å². The molecular weight excluding hydrogens is 309 g/mol. The topological polar surface area (TPSA) is 87.4 Å². The number of hydrogen-bond donors (Lipinski definition) is 1. The van der Waals surface area contributed by atoms with Crippen LogP contribution in [0.1, 0.15) is 11.3 Å². The van der Waals surface area contributed by atoms with Crippen LogP contribution in [-0.2, 0) is 6.54 Å². The molecule has 0 radical (unpaired) electrons. The fourth-order valence-corrected chi connectivity index (χ4v) is 2.77. The zero-order chi connectivity index (χ0) is 16.7. The summed E-state index contributed by atoms with van der Waals surface area (Å²) in [5, 5.41) is 8.95. The van der Waals surface area contributed by atoms with Gasteiger partial charge in [0.2, 0.25) is 0 Å². The predicted octanol–water partition coefficient (Wildman–Crippen LogP) is 2.09. The Kier molecular flexibility index (Phi) is 3.23. The minimum absolute atomic E-state index is 0.350. The molecule has 0 fully saturated rings. The van der Waals surface area contributed by atoms with Gasteiger partial charge in [0, 0.05) is 6.20 Å². The predicted molar refractivity (Wildman–Crippen MR) is 87.1 cm³/mol. The van der Waals surface area contributed by atoms with Crippen molar-refractivity contribution in [2.45, 2.75) is 13.5 Å². The molecule has 120 valence electrons. The van der Waals surface area contributed by atoms with Crippen molar-refractivity contribution in [1.29, 1.82) is 0 Å². The first-order valence-electron chi connectivity index (χ1n) is 7.35. The van der Waals surface area contributed by atoms with E-state index in [9.17, 15) is 4.39 Å². The van der Waals surface area contributed by atoms with Gasteiger partial charge in [-0.1, -0.05) is 17.3 Å². The summed E-state index contributed by atoms with van der Waals surface area (Å²) in [5.74, 6) is 0.1000. The number of anilines is 1. The van der Waals surface area contributed by atoms with Crippen LogP contribution in [0.3, 0.4) is 0 Å². The molecule has 0 aliphatic rings. The van der Waals surface area contributed by atoms with E-state index < -0.39 is 0 Å². The van der Waals surface area contributed by atoms with Crippen LogP contribution in [0.2, 0.25) is 0 Å². The first kappa shape index (κ1) is 14.3. The minimum atomic E-state index is -0.350. The lowest BCUT2D eigenvalue weighted by Crippen LogP contribution is -2.01. The van der Waals surface area contributed by atoms with Crippen LogP contribution in [0.15, 0.2) is 43.0 Å². The lowest BCUT2D eigenvalue weighted by atomic mass is 10.2. The fourth-order valence-electron chi connectivity index (χ4n) is 2.77. The van der Waals surface area contributed by atoms with E-state index in [0.717, 1.165) is 16.6 Å². The Morgan fingerprint density at radius 1 is 1.17 bits per heavy atom. The van der Waals surface area contributed by atoms with E-state index in [2.05, 4.69) is 20.3 Å². The molecule has 8 heteroatoms. The molecule has 0 aliphatic heterocycles. The summed E-state index contributed by atoms with van der Waals surface area (Å²) in [6.45, 7) is 2.41. The molecule has 0 aliphatic carbocycles. The van der Waals surface area contributed by atoms with E-state index in [-0.39, 0.29) is 5.82 Å². The van der Waals surface area contributed by atoms with E-state index in [4.69, 9.17) is 5.73 Å². The van der Waals surface area contributed by atoms with Crippen molar-refractivity contribution < 1.29 is 4.39 Å². The molecule has 0 spiro atoms. The standard InChI is InChI=1S/C16H14FN7/c1-10-6-23(16-14(10)15(18)19-9-20-16)7-11-8-24(22-21-11)13-5-3-2-4-12(13)17/h2-6,8-9H,7H2,1H3,(H2,18,19,20). The zero-order valence-corrected chi connectivity index (χ0v) is 12.9. The van der Waals surface area contributed by atoms with Crippen molar-refractivity contribution in [3.63, 3.8) is 0 Å². The van der Waals surface area contributed by atoms with Crippen molar-refractivity contribution in [3.8, 4) is 5.69 Å². The normalized spacial score (nSPS) is 11.2. The van der Waals surface area contributed by atoms with Gasteiger partial charge in [-0.15, -0.1) is 5.10 Å². The number of nitrogens with two attached hydrogens (primary N) is 1. The first-order valence-corrected chi connectivity index (χ1v) is 7.35. The maximum Gasteiger partial charge on any atom is 0.148 e. The van der Waals surface area contributed by atoms with E-state index in [1.165, 1.54) is 17.1 Å². The number of aryl methyl sites for hydroxylation is 1. The Bertz CT molecular complexity index is 1030. The average molecular weight is 323 g/mol. The summed E-state index contributed by atoms with van der Waals surface area (Å²) >= 11 is 0. The summed E-state index contributed by atoms with van der Waals surface area (Å²) < 4.78 is 17.2. The second-order valence-electron chi connectivity index (χ2n) is 5.50. The van der Waals surface area contributed by atoms with Gasteiger partial charge in [0.15, 0.2) is 0 Å². The number of benzene rings is 1. The Morgan fingerprint density at radius 3 is 2.83 bits per heavy atom. The molecule has 4 aromatic rings. The lowest BCUT2D eigenvalue weighted by Gasteiger charge is -2.02. The maximum absolute atomic E-state index is 13.8. The van der Waals surface area contributed by atoms with Crippen molar-refractivity contribution in [1.82, 2.24) is 29.5 Å². The highest BCUT2D eigenvalue weighted by atomic mass is 19.1. The molecule has 4 rings (SSSR count). The molecule has 0 amide bonds. The summed E-state index contributed by atoms with van der Waals surface area (Å²) in [7, 11) is 0. The van der Waals surface area contributed by atoms with Gasteiger partial charge in [0.25, 0.3) is 0 Å². The number of hydrogen-bond acceptors (Lipinski definition) is 5. The van der Waals surface area contributed by atoms with Crippen LogP contribution in [0.5, 0.6) is 0 Å². The smallest absolute Gasteiger partial charge is 0.148 e. The zero-order valence-electron chi connectivity index (χ0n) is 12.9. The highest BCUT2D eigenvalue weighted by Crippen LogP contribution is 2.23. The minimum Gasteiger partial charge on any atom is -0.383 e. The lowest BCUT2D eigenvalue weighted by molar-refractivity contribution is 0.607. The molecule has 0 saturated carbocycles. The van der Waals surface area contributed by atoms with Gasteiger partial charge in [0.05, 0.1) is 18.1 Å². The fraction of sp³-hybridized carbons (Fsp3) is 0.125. The highest BCUT2D eigenvalue weighted by molar-refractivity contribution is 5.89. The Balaban J connectivity index is 1.70. The molecule has 24 heavy (non-hydrogen) atoms. The molecule has 3 heterocycles. The van der Waals surface area contributed by atoms with Crippen LogP contribution in [0.25, 0.3) is 16.7 Å². The number of nitrogens with zero attached hydrogens (tertiary/aromatic N) is 6. The van der Waals surface area contributed by atoms with Crippen molar-refractivity contribution in [2.75, 3.05) is 5.73 Å². The second kappa shape index (κ2) is 5.41.